The third kappa shape index (κ3) is 1.81. The van der Waals surface area contributed by atoms with E-state index in [4.69, 9.17) is 0 Å². The molecular weight excluding hydrogens is 210 g/mol. The number of hydrogen-bond donors (Lipinski definition) is 1. The summed E-state index contributed by atoms with van der Waals surface area (Å²) in [6.45, 7) is 2.49. The van der Waals surface area contributed by atoms with Crippen LogP contribution in [-0.4, -0.2) is 23.5 Å². The van der Waals surface area contributed by atoms with Crippen molar-refractivity contribution in [2.24, 2.45) is 0 Å². The van der Waals surface area contributed by atoms with Gasteiger partial charge < -0.3 is 5.32 Å². The summed E-state index contributed by atoms with van der Waals surface area (Å²) in [4.78, 5) is 23.0. The Kier molecular flexibility index (Phi) is 2.47. The fourth-order valence-electron chi connectivity index (χ4n) is 1.67. The molecule has 0 aromatic heterocycles. The molecule has 1 heterocycles. The normalized spacial score (nSPS) is 19.7. The topological polar surface area (TPSA) is 75.5 Å². The standard InChI is InChI=1S/C10H11N3O3/c1-7-6-12(10(14)11-7)8-2-4-9(5-3-8)13(15)16/h2-5,7H,6H2,1H3,(H,11,14). The van der Waals surface area contributed by atoms with Crippen LogP contribution in [0.2, 0.25) is 0 Å². The zero-order valence-electron chi connectivity index (χ0n) is 8.71. The number of nitrogens with one attached hydrogen (secondary N) is 1. The first kappa shape index (κ1) is 10.4. The van der Waals surface area contributed by atoms with Crippen molar-refractivity contribution in [1.82, 2.24) is 5.32 Å². The molecule has 1 aliphatic rings. The van der Waals surface area contributed by atoms with Crippen LogP contribution in [0.5, 0.6) is 0 Å². The Bertz CT molecular complexity index is 429. The summed E-state index contributed by atoms with van der Waals surface area (Å²) in [7, 11) is 0. The number of non-ortho nitro benzene ring substituents is 1. The highest BCUT2D eigenvalue weighted by Crippen LogP contribution is 2.21. The molecule has 6 heteroatoms. The van der Waals surface area contributed by atoms with Crippen LogP contribution in [0.3, 0.4) is 0 Å². The zero-order valence-corrected chi connectivity index (χ0v) is 8.71. The molecule has 1 aromatic carbocycles. The fourth-order valence-corrected chi connectivity index (χ4v) is 1.67. The van der Waals surface area contributed by atoms with Gasteiger partial charge in [0.15, 0.2) is 0 Å². The van der Waals surface area contributed by atoms with Crippen LogP contribution in [0.25, 0.3) is 0 Å². The molecule has 6 nitrogen and oxygen atoms in total. The van der Waals surface area contributed by atoms with Gasteiger partial charge in [-0.05, 0) is 19.1 Å². The highest BCUT2D eigenvalue weighted by Gasteiger charge is 2.26. The average molecular weight is 221 g/mol. The smallest absolute Gasteiger partial charge is 0.322 e. The quantitative estimate of drug-likeness (QED) is 0.607. The summed E-state index contributed by atoms with van der Waals surface area (Å²) >= 11 is 0. The van der Waals surface area contributed by atoms with Crippen LogP contribution in [-0.2, 0) is 0 Å². The fraction of sp³-hybridized carbons (Fsp3) is 0.300. The van der Waals surface area contributed by atoms with Crippen LogP contribution >= 0.6 is 0 Å². The van der Waals surface area contributed by atoms with Gasteiger partial charge in [0.05, 0.1) is 4.92 Å². The van der Waals surface area contributed by atoms with Gasteiger partial charge in [0.25, 0.3) is 5.69 Å². The number of nitro benzene ring substituents is 1. The summed E-state index contributed by atoms with van der Waals surface area (Å²) in [5.74, 6) is 0. The third-order valence-electron chi connectivity index (χ3n) is 2.44. The molecule has 16 heavy (non-hydrogen) atoms. The molecule has 2 rings (SSSR count). The van der Waals surface area contributed by atoms with Gasteiger partial charge in [-0.3, -0.25) is 15.0 Å². The molecule has 84 valence electrons. The minimum absolute atomic E-state index is 0.0244. The summed E-state index contributed by atoms with van der Waals surface area (Å²) < 4.78 is 0. The van der Waals surface area contributed by atoms with E-state index in [2.05, 4.69) is 5.32 Å². The highest BCUT2D eigenvalue weighted by molar-refractivity contribution is 5.94. The zero-order chi connectivity index (χ0) is 11.7. The Morgan fingerprint density at radius 2 is 2.06 bits per heavy atom. The van der Waals surface area contributed by atoms with E-state index in [9.17, 15) is 14.9 Å². The largest absolute Gasteiger partial charge is 0.333 e. The first-order valence-corrected chi connectivity index (χ1v) is 4.90. The number of anilines is 1. The van der Waals surface area contributed by atoms with Crippen LogP contribution in [0.4, 0.5) is 16.2 Å². The molecule has 1 aromatic rings. The Balaban J connectivity index is 2.22. The van der Waals surface area contributed by atoms with E-state index in [-0.39, 0.29) is 17.8 Å². The molecule has 0 aliphatic carbocycles. The lowest BCUT2D eigenvalue weighted by Crippen LogP contribution is -2.27. The molecule has 0 saturated carbocycles. The van der Waals surface area contributed by atoms with Gasteiger partial charge >= 0.3 is 6.03 Å². The highest BCUT2D eigenvalue weighted by atomic mass is 16.6. The summed E-state index contributed by atoms with van der Waals surface area (Å²) in [5, 5.41) is 13.2. The Hall–Kier alpha value is -2.11. The first-order valence-electron chi connectivity index (χ1n) is 4.90. The molecule has 2 amide bonds. The second kappa shape index (κ2) is 3.80. The van der Waals surface area contributed by atoms with E-state index in [0.717, 1.165) is 0 Å². The van der Waals surface area contributed by atoms with Crippen molar-refractivity contribution in [1.29, 1.82) is 0 Å². The second-order valence-electron chi connectivity index (χ2n) is 3.73. The predicted molar refractivity (Wildman–Crippen MR) is 58.4 cm³/mol. The van der Waals surface area contributed by atoms with Gasteiger partial charge in [-0.1, -0.05) is 0 Å². The predicted octanol–water partition coefficient (Wildman–Crippen LogP) is 1.51. The van der Waals surface area contributed by atoms with E-state index in [1.54, 1.807) is 17.0 Å². The van der Waals surface area contributed by atoms with Gasteiger partial charge in [-0.15, -0.1) is 0 Å². The Morgan fingerprint density at radius 3 is 2.50 bits per heavy atom. The monoisotopic (exact) mass is 221 g/mol. The van der Waals surface area contributed by atoms with E-state index >= 15 is 0 Å². The maximum Gasteiger partial charge on any atom is 0.322 e. The first-order chi connectivity index (χ1) is 7.58. The number of nitrogens with zero attached hydrogens (tertiary/aromatic N) is 2. The van der Waals surface area contributed by atoms with Crippen molar-refractivity contribution in [3.05, 3.63) is 34.4 Å². The van der Waals surface area contributed by atoms with Crippen molar-refractivity contribution in [3.63, 3.8) is 0 Å². The molecule has 1 saturated heterocycles. The van der Waals surface area contributed by atoms with Crippen LogP contribution in [0, 0.1) is 10.1 Å². The molecule has 0 spiro atoms. The number of carbonyl (C=O) groups is 1. The molecule has 1 unspecified atom stereocenters. The third-order valence-corrected chi connectivity index (χ3v) is 2.44. The Labute approximate surface area is 92.0 Å². The van der Waals surface area contributed by atoms with Crippen LogP contribution < -0.4 is 10.2 Å². The van der Waals surface area contributed by atoms with Crippen molar-refractivity contribution >= 4 is 17.4 Å². The Morgan fingerprint density at radius 1 is 1.44 bits per heavy atom. The maximum absolute atomic E-state index is 11.5. The van der Waals surface area contributed by atoms with E-state index < -0.39 is 4.92 Å². The number of carbonyl (C=O) groups excluding carboxylic acids is 1. The maximum atomic E-state index is 11.5. The molecule has 0 radical (unpaired) electrons. The van der Waals surface area contributed by atoms with Crippen LogP contribution in [0.1, 0.15) is 6.92 Å². The molecule has 1 atom stereocenters. The molecular formula is C10H11N3O3. The number of nitro groups is 1. The minimum atomic E-state index is -0.462. The molecule has 1 fully saturated rings. The van der Waals surface area contributed by atoms with Gasteiger partial charge in [-0.2, -0.15) is 0 Å². The van der Waals surface area contributed by atoms with E-state index in [0.29, 0.717) is 12.2 Å². The van der Waals surface area contributed by atoms with Crippen molar-refractivity contribution < 1.29 is 9.72 Å². The van der Waals surface area contributed by atoms with Crippen LogP contribution in [0.15, 0.2) is 24.3 Å². The summed E-state index contributed by atoms with van der Waals surface area (Å²) in [5.41, 5.74) is 0.698. The minimum Gasteiger partial charge on any atom is -0.333 e. The summed E-state index contributed by atoms with van der Waals surface area (Å²) in [6, 6.07) is 5.88. The summed E-state index contributed by atoms with van der Waals surface area (Å²) in [6.07, 6.45) is 0. The number of benzene rings is 1. The van der Waals surface area contributed by atoms with Gasteiger partial charge in [0.1, 0.15) is 0 Å². The number of amides is 2. The molecule has 1 aliphatic heterocycles. The number of hydrogen-bond acceptors (Lipinski definition) is 3. The molecule has 1 N–H and O–H groups in total. The second-order valence-corrected chi connectivity index (χ2v) is 3.73. The number of rotatable bonds is 2. The lowest BCUT2D eigenvalue weighted by Gasteiger charge is -2.13. The lowest BCUT2D eigenvalue weighted by atomic mass is 10.2. The van der Waals surface area contributed by atoms with Crippen molar-refractivity contribution in [3.8, 4) is 0 Å². The van der Waals surface area contributed by atoms with Crippen molar-refractivity contribution in [2.75, 3.05) is 11.4 Å². The number of urea groups is 1. The average Bonchev–Trinajstić information content (AvgIpc) is 2.58. The SMILES string of the molecule is CC1CN(c2ccc([N+](=O)[O-])cc2)C(=O)N1. The van der Waals surface area contributed by atoms with Gasteiger partial charge in [-0.25, -0.2) is 4.79 Å². The molecule has 0 bridgehead atoms. The van der Waals surface area contributed by atoms with Gasteiger partial charge in [0.2, 0.25) is 0 Å². The van der Waals surface area contributed by atoms with E-state index in [1.165, 1.54) is 12.1 Å². The van der Waals surface area contributed by atoms with Gasteiger partial charge in [0, 0.05) is 30.4 Å². The van der Waals surface area contributed by atoms with Crippen molar-refractivity contribution in [2.45, 2.75) is 13.0 Å². The van der Waals surface area contributed by atoms with E-state index in [1.807, 2.05) is 6.92 Å². The lowest BCUT2D eigenvalue weighted by molar-refractivity contribution is -0.384.